The molecule has 1 aliphatic rings. The minimum absolute atomic E-state index is 0.780. The standard InChI is InChI=1S/C24H39N7/c1-5-29-13-15-30(16-14-29)19-23-10-7-6-9-22(23)18-27-24(25-4)26-11-8-12-31-21(3)17-20(2)28-31/h6-7,9-10,17H,5,8,11-16,18-19H2,1-4H3,(H2,25,26,27). The van der Waals surface area contributed by atoms with Crippen molar-refractivity contribution in [2.24, 2.45) is 4.99 Å². The Hall–Kier alpha value is -2.38. The molecule has 31 heavy (non-hydrogen) atoms. The fourth-order valence-electron chi connectivity index (χ4n) is 4.13. The fourth-order valence-corrected chi connectivity index (χ4v) is 4.13. The van der Waals surface area contributed by atoms with Gasteiger partial charge in [0, 0.05) is 65.1 Å². The number of piperazine rings is 1. The SMILES string of the molecule is CCN1CCN(Cc2ccccc2CNC(=NC)NCCCn2nc(C)cc2C)CC1. The number of benzene rings is 1. The molecule has 0 saturated carbocycles. The first-order valence-electron chi connectivity index (χ1n) is 11.6. The highest BCUT2D eigenvalue weighted by atomic mass is 15.3. The van der Waals surface area contributed by atoms with Crippen LogP contribution < -0.4 is 10.6 Å². The van der Waals surface area contributed by atoms with Crippen molar-refractivity contribution < 1.29 is 0 Å². The smallest absolute Gasteiger partial charge is 0.191 e. The molecule has 0 bridgehead atoms. The Morgan fingerprint density at radius 3 is 2.39 bits per heavy atom. The lowest BCUT2D eigenvalue weighted by Crippen LogP contribution is -2.45. The van der Waals surface area contributed by atoms with Crippen LogP contribution in [0.5, 0.6) is 0 Å². The number of guanidine groups is 1. The monoisotopic (exact) mass is 425 g/mol. The maximum atomic E-state index is 4.53. The van der Waals surface area contributed by atoms with Crippen molar-refractivity contribution in [2.75, 3.05) is 46.3 Å². The van der Waals surface area contributed by atoms with Crippen LogP contribution in [0.25, 0.3) is 0 Å². The van der Waals surface area contributed by atoms with Crippen LogP contribution in [0.1, 0.15) is 35.9 Å². The number of likely N-dealkylation sites (N-methyl/N-ethyl adjacent to an activating group) is 1. The molecule has 1 saturated heterocycles. The van der Waals surface area contributed by atoms with Crippen LogP contribution in [0.15, 0.2) is 35.3 Å². The maximum absolute atomic E-state index is 4.53. The molecule has 1 aliphatic heterocycles. The van der Waals surface area contributed by atoms with E-state index in [9.17, 15) is 0 Å². The first-order chi connectivity index (χ1) is 15.1. The summed E-state index contributed by atoms with van der Waals surface area (Å²) in [6.45, 7) is 15.8. The number of aromatic nitrogens is 2. The Labute approximate surface area is 187 Å². The van der Waals surface area contributed by atoms with Crippen molar-refractivity contribution >= 4 is 5.96 Å². The Kier molecular flexibility index (Phi) is 8.91. The molecule has 0 atom stereocenters. The summed E-state index contributed by atoms with van der Waals surface area (Å²) in [5.41, 5.74) is 5.03. The zero-order chi connectivity index (χ0) is 22.1. The van der Waals surface area contributed by atoms with E-state index < -0.39 is 0 Å². The van der Waals surface area contributed by atoms with E-state index in [2.05, 4.69) is 79.4 Å². The summed E-state index contributed by atoms with van der Waals surface area (Å²) in [5.74, 6) is 0.847. The quantitative estimate of drug-likeness (QED) is 0.367. The van der Waals surface area contributed by atoms with Gasteiger partial charge in [0.05, 0.1) is 5.69 Å². The summed E-state index contributed by atoms with van der Waals surface area (Å²) in [7, 11) is 1.83. The third-order valence-electron chi connectivity index (χ3n) is 6.04. The number of hydrogen-bond donors (Lipinski definition) is 2. The summed E-state index contributed by atoms with van der Waals surface area (Å²) >= 11 is 0. The van der Waals surface area contributed by atoms with Gasteiger partial charge >= 0.3 is 0 Å². The number of nitrogens with one attached hydrogen (secondary N) is 2. The lowest BCUT2D eigenvalue weighted by atomic mass is 10.1. The number of hydrogen-bond acceptors (Lipinski definition) is 4. The van der Waals surface area contributed by atoms with Crippen molar-refractivity contribution in [1.82, 2.24) is 30.2 Å². The molecule has 7 heteroatoms. The first kappa shape index (κ1) is 23.3. The van der Waals surface area contributed by atoms with Gasteiger partial charge < -0.3 is 15.5 Å². The van der Waals surface area contributed by atoms with Gasteiger partial charge in [-0.25, -0.2) is 0 Å². The molecule has 2 heterocycles. The highest BCUT2D eigenvalue weighted by Gasteiger charge is 2.16. The normalized spacial score (nSPS) is 15.9. The fraction of sp³-hybridized carbons (Fsp3) is 0.583. The molecule has 1 aromatic carbocycles. The van der Waals surface area contributed by atoms with E-state index in [-0.39, 0.29) is 0 Å². The molecule has 0 radical (unpaired) electrons. The van der Waals surface area contributed by atoms with E-state index in [0.717, 1.165) is 63.9 Å². The summed E-state index contributed by atoms with van der Waals surface area (Å²) < 4.78 is 2.07. The summed E-state index contributed by atoms with van der Waals surface area (Å²) in [6, 6.07) is 10.9. The van der Waals surface area contributed by atoms with Crippen molar-refractivity contribution in [1.29, 1.82) is 0 Å². The molecular formula is C24H39N7. The highest BCUT2D eigenvalue weighted by molar-refractivity contribution is 5.79. The molecule has 0 aliphatic carbocycles. The molecular weight excluding hydrogens is 386 g/mol. The van der Waals surface area contributed by atoms with Gasteiger partial charge in [-0.3, -0.25) is 14.6 Å². The number of rotatable bonds is 9. The van der Waals surface area contributed by atoms with Crippen LogP contribution in [0, 0.1) is 13.8 Å². The average molecular weight is 426 g/mol. The zero-order valence-corrected chi connectivity index (χ0v) is 19.7. The van der Waals surface area contributed by atoms with E-state index in [1.165, 1.54) is 29.9 Å². The van der Waals surface area contributed by atoms with Gasteiger partial charge in [0.2, 0.25) is 0 Å². The van der Waals surface area contributed by atoms with E-state index in [0.29, 0.717) is 0 Å². The topological polar surface area (TPSA) is 60.7 Å². The lowest BCUT2D eigenvalue weighted by Gasteiger charge is -2.34. The maximum Gasteiger partial charge on any atom is 0.191 e. The zero-order valence-electron chi connectivity index (χ0n) is 19.7. The molecule has 0 unspecified atom stereocenters. The van der Waals surface area contributed by atoms with E-state index in [4.69, 9.17) is 0 Å². The molecule has 7 nitrogen and oxygen atoms in total. The van der Waals surface area contributed by atoms with Gasteiger partial charge in [-0.15, -0.1) is 0 Å². The molecule has 0 amide bonds. The molecule has 0 spiro atoms. The van der Waals surface area contributed by atoms with Crippen molar-refractivity contribution in [2.45, 2.75) is 46.8 Å². The second-order valence-electron chi connectivity index (χ2n) is 8.34. The van der Waals surface area contributed by atoms with Gasteiger partial charge in [0.15, 0.2) is 5.96 Å². The molecule has 1 aromatic heterocycles. The number of aliphatic imine (C=N–C) groups is 1. The molecule has 2 N–H and O–H groups in total. The minimum Gasteiger partial charge on any atom is -0.356 e. The third kappa shape index (κ3) is 7.08. The Balaban J connectivity index is 1.44. The minimum atomic E-state index is 0.780. The highest BCUT2D eigenvalue weighted by Crippen LogP contribution is 2.13. The van der Waals surface area contributed by atoms with Gasteiger partial charge in [0.25, 0.3) is 0 Å². The Morgan fingerprint density at radius 1 is 1.03 bits per heavy atom. The second kappa shape index (κ2) is 11.9. The van der Waals surface area contributed by atoms with Crippen LogP contribution in [0.4, 0.5) is 0 Å². The van der Waals surface area contributed by atoms with Gasteiger partial charge in [-0.05, 0) is 44.0 Å². The summed E-state index contributed by atoms with van der Waals surface area (Å²) in [4.78, 5) is 9.48. The van der Waals surface area contributed by atoms with Crippen molar-refractivity contribution in [3.8, 4) is 0 Å². The molecule has 170 valence electrons. The van der Waals surface area contributed by atoms with E-state index in [1.807, 2.05) is 14.0 Å². The van der Waals surface area contributed by atoms with Crippen LogP contribution >= 0.6 is 0 Å². The van der Waals surface area contributed by atoms with Gasteiger partial charge in [-0.1, -0.05) is 31.2 Å². The average Bonchev–Trinajstić information content (AvgIpc) is 3.11. The van der Waals surface area contributed by atoms with Crippen LogP contribution in [0.2, 0.25) is 0 Å². The Morgan fingerprint density at radius 2 is 1.74 bits per heavy atom. The molecule has 2 aromatic rings. The molecule has 3 rings (SSSR count). The molecule has 1 fully saturated rings. The van der Waals surface area contributed by atoms with Crippen molar-refractivity contribution in [3.05, 3.63) is 52.8 Å². The largest absolute Gasteiger partial charge is 0.356 e. The Bertz CT molecular complexity index is 834. The third-order valence-corrected chi connectivity index (χ3v) is 6.04. The number of aryl methyl sites for hydroxylation is 3. The van der Waals surface area contributed by atoms with Gasteiger partial charge in [-0.2, -0.15) is 5.10 Å². The van der Waals surface area contributed by atoms with E-state index >= 15 is 0 Å². The second-order valence-corrected chi connectivity index (χ2v) is 8.34. The van der Waals surface area contributed by atoms with Gasteiger partial charge in [0.1, 0.15) is 0 Å². The van der Waals surface area contributed by atoms with E-state index in [1.54, 1.807) is 0 Å². The lowest BCUT2D eigenvalue weighted by molar-refractivity contribution is 0.131. The summed E-state index contributed by atoms with van der Waals surface area (Å²) in [6.07, 6.45) is 1.00. The van der Waals surface area contributed by atoms with Crippen molar-refractivity contribution in [3.63, 3.8) is 0 Å². The van der Waals surface area contributed by atoms with Crippen LogP contribution in [0.3, 0.4) is 0 Å². The first-order valence-corrected chi connectivity index (χ1v) is 11.6. The predicted molar refractivity (Wildman–Crippen MR) is 128 cm³/mol. The predicted octanol–water partition coefficient (Wildman–Crippen LogP) is 2.39. The summed E-state index contributed by atoms with van der Waals surface area (Å²) in [5, 5.41) is 11.4. The van der Waals surface area contributed by atoms with Crippen LogP contribution in [-0.2, 0) is 19.6 Å². The van der Waals surface area contributed by atoms with Crippen LogP contribution in [-0.4, -0.2) is 71.9 Å². The number of nitrogens with zero attached hydrogens (tertiary/aromatic N) is 5.